The maximum absolute atomic E-state index is 11.8. The summed E-state index contributed by atoms with van der Waals surface area (Å²) < 4.78 is 1.54. The van der Waals surface area contributed by atoms with Gasteiger partial charge in [-0.05, 0) is 13.0 Å². The summed E-state index contributed by atoms with van der Waals surface area (Å²) in [6.07, 6.45) is 1.59. The van der Waals surface area contributed by atoms with Gasteiger partial charge in [-0.1, -0.05) is 0 Å². The van der Waals surface area contributed by atoms with E-state index in [9.17, 15) is 9.90 Å². The average molecular weight is 195 g/mol. The van der Waals surface area contributed by atoms with E-state index >= 15 is 0 Å². The predicted molar refractivity (Wildman–Crippen MR) is 49.7 cm³/mol. The minimum Gasteiger partial charge on any atom is -0.386 e. The first-order valence-corrected chi connectivity index (χ1v) is 4.49. The fourth-order valence-corrected chi connectivity index (χ4v) is 1.67. The Kier molecular flexibility index (Phi) is 1.85. The summed E-state index contributed by atoms with van der Waals surface area (Å²) in [6.45, 7) is 2.52. The summed E-state index contributed by atoms with van der Waals surface area (Å²) in [7, 11) is 1.73. The molecule has 2 rings (SSSR count). The summed E-state index contributed by atoms with van der Waals surface area (Å²) in [5.74, 6) is -0.0727. The van der Waals surface area contributed by atoms with Crippen LogP contribution in [0.2, 0.25) is 0 Å². The van der Waals surface area contributed by atoms with Gasteiger partial charge in [-0.15, -0.1) is 0 Å². The van der Waals surface area contributed by atoms with E-state index in [0.717, 1.165) is 0 Å². The maximum Gasteiger partial charge on any atom is 0.272 e. The molecule has 0 bridgehead atoms. The highest BCUT2D eigenvalue weighted by Gasteiger charge is 2.40. The van der Waals surface area contributed by atoms with Crippen LogP contribution in [-0.4, -0.2) is 44.4 Å². The van der Waals surface area contributed by atoms with Crippen LogP contribution in [0.5, 0.6) is 0 Å². The Morgan fingerprint density at radius 3 is 2.71 bits per heavy atom. The van der Waals surface area contributed by atoms with Gasteiger partial charge in [0.15, 0.2) is 0 Å². The van der Waals surface area contributed by atoms with Crippen LogP contribution in [0.1, 0.15) is 17.4 Å². The lowest BCUT2D eigenvalue weighted by Crippen LogP contribution is -2.61. The highest BCUT2D eigenvalue weighted by Crippen LogP contribution is 2.21. The summed E-state index contributed by atoms with van der Waals surface area (Å²) >= 11 is 0. The molecule has 0 aliphatic carbocycles. The summed E-state index contributed by atoms with van der Waals surface area (Å²) in [5.41, 5.74) is -0.158. The number of aromatic nitrogens is 2. The molecule has 0 radical (unpaired) electrons. The second-order valence-electron chi connectivity index (χ2n) is 4.00. The van der Waals surface area contributed by atoms with Crippen LogP contribution in [0.3, 0.4) is 0 Å². The van der Waals surface area contributed by atoms with Crippen molar-refractivity contribution in [3.8, 4) is 0 Å². The summed E-state index contributed by atoms with van der Waals surface area (Å²) in [6, 6.07) is 1.68. The zero-order chi connectivity index (χ0) is 10.3. The molecule has 5 heteroatoms. The molecule has 0 spiro atoms. The van der Waals surface area contributed by atoms with Gasteiger partial charge >= 0.3 is 0 Å². The van der Waals surface area contributed by atoms with E-state index in [1.807, 2.05) is 0 Å². The number of amides is 1. The quantitative estimate of drug-likeness (QED) is 0.665. The molecule has 1 aliphatic rings. The van der Waals surface area contributed by atoms with E-state index in [4.69, 9.17) is 0 Å². The van der Waals surface area contributed by atoms with Crippen LogP contribution >= 0.6 is 0 Å². The standard InChI is InChI=1S/C9H13N3O2/c1-9(14)5-12(6-9)8(13)7-3-4-10-11(7)2/h3-4,14H,5-6H2,1-2H3. The van der Waals surface area contributed by atoms with Gasteiger partial charge < -0.3 is 10.0 Å². The van der Waals surface area contributed by atoms with E-state index in [2.05, 4.69) is 5.10 Å². The molecule has 2 heterocycles. The summed E-state index contributed by atoms with van der Waals surface area (Å²) in [4.78, 5) is 13.4. The number of carbonyl (C=O) groups excluding carboxylic acids is 1. The van der Waals surface area contributed by atoms with Crippen LogP contribution < -0.4 is 0 Å². The first-order chi connectivity index (χ1) is 6.49. The van der Waals surface area contributed by atoms with Gasteiger partial charge in [0.05, 0.1) is 18.7 Å². The van der Waals surface area contributed by atoms with Crippen LogP contribution in [0.25, 0.3) is 0 Å². The molecule has 0 saturated carbocycles. The van der Waals surface area contributed by atoms with Crippen molar-refractivity contribution in [1.29, 1.82) is 0 Å². The Bertz CT molecular complexity index is 362. The molecule has 1 saturated heterocycles. The third-order valence-corrected chi connectivity index (χ3v) is 2.39. The fraction of sp³-hybridized carbons (Fsp3) is 0.556. The van der Waals surface area contributed by atoms with E-state index in [-0.39, 0.29) is 5.91 Å². The van der Waals surface area contributed by atoms with Gasteiger partial charge in [-0.3, -0.25) is 9.48 Å². The van der Waals surface area contributed by atoms with Crippen LogP contribution in [0, 0.1) is 0 Å². The minimum atomic E-state index is -0.714. The average Bonchev–Trinajstić information content (AvgIpc) is 2.45. The van der Waals surface area contributed by atoms with Crippen LogP contribution in [0.15, 0.2) is 12.3 Å². The van der Waals surface area contributed by atoms with Crippen LogP contribution in [-0.2, 0) is 7.05 Å². The van der Waals surface area contributed by atoms with E-state index in [1.54, 1.807) is 31.1 Å². The van der Waals surface area contributed by atoms with Gasteiger partial charge in [-0.25, -0.2) is 0 Å². The SMILES string of the molecule is Cn1nccc1C(=O)N1CC(C)(O)C1. The number of aryl methyl sites for hydroxylation is 1. The second kappa shape index (κ2) is 2.81. The second-order valence-corrected chi connectivity index (χ2v) is 4.00. The van der Waals surface area contributed by atoms with Crippen molar-refractivity contribution in [3.05, 3.63) is 18.0 Å². The first kappa shape index (κ1) is 9.21. The molecular formula is C9H13N3O2. The third kappa shape index (κ3) is 1.39. The number of carbonyl (C=O) groups is 1. The van der Waals surface area contributed by atoms with Crippen molar-refractivity contribution in [3.63, 3.8) is 0 Å². The molecule has 5 nitrogen and oxygen atoms in total. The van der Waals surface area contributed by atoms with Gasteiger partial charge in [0.1, 0.15) is 5.69 Å². The highest BCUT2D eigenvalue weighted by atomic mass is 16.3. The molecule has 0 aromatic carbocycles. The van der Waals surface area contributed by atoms with Gasteiger partial charge in [0.25, 0.3) is 5.91 Å². The Labute approximate surface area is 81.9 Å². The van der Waals surface area contributed by atoms with E-state index in [1.165, 1.54) is 4.68 Å². The monoisotopic (exact) mass is 195 g/mol. The van der Waals surface area contributed by atoms with Gasteiger partial charge in [0.2, 0.25) is 0 Å². The molecule has 0 unspecified atom stereocenters. The highest BCUT2D eigenvalue weighted by molar-refractivity contribution is 5.93. The molecule has 1 amide bonds. The van der Waals surface area contributed by atoms with Crippen molar-refractivity contribution < 1.29 is 9.90 Å². The zero-order valence-electron chi connectivity index (χ0n) is 8.27. The van der Waals surface area contributed by atoms with Gasteiger partial charge in [-0.2, -0.15) is 5.10 Å². The lowest BCUT2D eigenvalue weighted by Gasteiger charge is -2.43. The molecule has 76 valence electrons. The number of β-amino-alcohol motifs (C(OH)–C–C–N with tert-alkyl or cyclic N) is 1. The van der Waals surface area contributed by atoms with Crippen molar-refractivity contribution in [2.24, 2.45) is 7.05 Å². The minimum absolute atomic E-state index is 0.0727. The van der Waals surface area contributed by atoms with Crippen molar-refractivity contribution in [1.82, 2.24) is 14.7 Å². The van der Waals surface area contributed by atoms with Gasteiger partial charge in [0, 0.05) is 13.2 Å². The Morgan fingerprint density at radius 2 is 2.29 bits per heavy atom. The molecule has 14 heavy (non-hydrogen) atoms. The topological polar surface area (TPSA) is 58.4 Å². The molecule has 1 aromatic rings. The number of rotatable bonds is 1. The number of aliphatic hydroxyl groups is 1. The Hall–Kier alpha value is -1.36. The normalized spacial score (nSPS) is 19.2. The smallest absolute Gasteiger partial charge is 0.272 e. The molecule has 1 fully saturated rings. The summed E-state index contributed by atoms with van der Waals surface area (Å²) in [5, 5.41) is 13.4. The number of hydrogen-bond donors (Lipinski definition) is 1. The van der Waals surface area contributed by atoms with Crippen molar-refractivity contribution in [2.75, 3.05) is 13.1 Å². The van der Waals surface area contributed by atoms with E-state index < -0.39 is 5.60 Å². The molecule has 1 aromatic heterocycles. The predicted octanol–water partition coefficient (Wildman–Crippen LogP) is -0.373. The number of nitrogens with zero attached hydrogens (tertiary/aromatic N) is 3. The molecular weight excluding hydrogens is 182 g/mol. The van der Waals surface area contributed by atoms with Crippen LogP contribution in [0.4, 0.5) is 0 Å². The number of hydrogen-bond acceptors (Lipinski definition) is 3. The fourth-order valence-electron chi connectivity index (χ4n) is 1.67. The largest absolute Gasteiger partial charge is 0.386 e. The molecule has 1 aliphatic heterocycles. The van der Waals surface area contributed by atoms with Crippen molar-refractivity contribution >= 4 is 5.91 Å². The Morgan fingerprint density at radius 1 is 1.64 bits per heavy atom. The third-order valence-electron chi connectivity index (χ3n) is 2.39. The Balaban J connectivity index is 2.08. The maximum atomic E-state index is 11.8. The molecule has 0 atom stereocenters. The molecule has 1 N–H and O–H groups in total. The zero-order valence-corrected chi connectivity index (χ0v) is 8.27. The lowest BCUT2D eigenvalue weighted by atomic mass is 9.96. The number of likely N-dealkylation sites (tertiary alicyclic amines) is 1. The van der Waals surface area contributed by atoms with E-state index in [0.29, 0.717) is 18.8 Å². The van der Waals surface area contributed by atoms with Crippen molar-refractivity contribution in [2.45, 2.75) is 12.5 Å². The first-order valence-electron chi connectivity index (χ1n) is 4.49. The lowest BCUT2D eigenvalue weighted by molar-refractivity contribution is -0.0672.